The fourth-order valence-corrected chi connectivity index (χ4v) is 3.86. The Morgan fingerprint density at radius 2 is 1.12 bits per heavy atom. The van der Waals surface area contributed by atoms with Gasteiger partial charge in [0.2, 0.25) is 11.8 Å². The van der Waals surface area contributed by atoms with Crippen molar-refractivity contribution in [2.24, 2.45) is 10.8 Å². The summed E-state index contributed by atoms with van der Waals surface area (Å²) in [7, 11) is -4.09. The molecule has 0 aromatic rings. The van der Waals surface area contributed by atoms with Crippen molar-refractivity contribution in [2.45, 2.75) is 79.9 Å². The molecule has 0 aromatic heterocycles. The number of ether oxygens (including phenoxy) is 4. The second-order valence-corrected chi connectivity index (χ2v) is 14.4. The van der Waals surface area contributed by atoms with E-state index in [1.807, 2.05) is 0 Å². The highest BCUT2D eigenvalue weighted by Crippen LogP contribution is 2.23. The van der Waals surface area contributed by atoms with Crippen LogP contribution in [0.4, 0.5) is 0 Å². The SMILES string of the molecule is CC(C)(C)CCN(CCC(C)(C)C)C(O)CCC(=O)NCCOCCOCCOCCOCCC(=O)NCCS(=O)(=O)O. The van der Waals surface area contributed by atoms with E-state index in [-0.39, 0.29) is 48.6 Å². The van der Waals surface area contributed by atoms with Gasteiger partial charge in [-0.25, -0.2) is 0 Å². The Kier molecular flexibility index (Phi) is 22.3. The predicted octanol–water partition coefficient (Wildman–Crippen LogP) is 1.84. The Morgan fingerprint density at radius 3 is 1.58 bits per heavy atom. The lowest BCUT2D eigenvalue weighted by atomic mass is 9.90. The molecule has 14 heteroatoms. The number of amides is 2. The molecule has 0 bridgehead atoms. The fraction of sp³-hybridized carbons (Fsp3) is 0.931. The molecule has 13 nitrogen and oxygen atoms in total. The maximum absolute atomic E-state index is 12.2. The zero-order valence-electron chi connectivity index (χ0n) is 27.3. The standard InChI is InChI=1S/C29H59N3O10S/c1-28(2,3)10-14-32(15-11-29(4,5)6)27(35)8-7-25(33)30-12-17-40-19-21-42-23-22-41-20-18-39-16-9-26(34)31-13-24-43(36,37)38/h27,35H,7-24H2,1-6H3,(H,30,33)(H,31,34)(H,36,37,38). The van der Waals surface area contributed by atoms with Crippen molar-refractivity contribution in [3.63, 3.8) is 0 Å². The van der Waals surface area contributed by atoms with Crippen LogP contribution < -0.4 is 10.6 Å². The number of carbonyl (C=O) groups excluding carboxylic acids is 2. The Bertz CT molecular complexity index is 826. The van der Waals surface area contributed by atoms with Crippen LogP contribution in [0.3, 0.4) is 0 Å². The first kappa shape index (κ1) is 41.6. The monoisotopic (exact) mass is 641 g/mol. The van der Waals surface area contributed by atoms with E-state index in [1.54, 1.807) is 0 Å². The van der Waals surface area contributed by atoms with Crippen molar-refractivity contribution in [3.05, 3.63) is 0 Å². The van der Waals surface area contributed by atoms with E-state index < -0.39 is 22.1 Å². The van der Waals surface area contributed by atoms with Crippen LogP contribution in [-0.4, -0.2) is 126 Å². The summed E-state index contributed by atoms with van der Waals surface area (Å²) in [6, 6.07) is 0. The van der Waals surface area contributed by atoms with Crippen molar-refractivity contribution < 1.29 is 46.6 Å². The maximum Gasteiger partial charge on any atom is 0.266 e. The third-order valence-corrected chi connectivity index (χ3v) is 6.91. The number of hydrogen-bond donors (Lipinski definition) is 4. The number of aliphatic hydroxyl groups excluding tert-OH is 1. The molecule has 4 N–H and O–H groups in total. The van der Waals surface area contributed by atoms with E-state index in [2.05, 4.69) is 57.1 Å². The fourth-order valence-electron chi connectivity index (χ4n) is 3.50. The normalized spacial score (nSPS) is 13.3. The molecule has 2 amide bonds. The van der Waals surface area contributed by atoms with E-state index in [1.165, 1.54) is 0 Å². The van der Waals surface area contributed by atoms with E-state index in [0.717, 1.165) is 25.9 Å². The largest absolute Gasteiger partial charge is 0.379 e. The van der Waals surface area contributed by atoms with Crippen molar-refractivity contribution >= 4 is 21.9 Å². The molecular formula is C29H59N3O10S. The minimum atomic E-state index is -4.09. The van der Waals surface area contributed by atoms with Gasteiger partial charge in [0.15, 0.2) is 0 Å². The second kappa shape index (κ2) is 23.0. The number of nitrogens with zero attached hydrogens (tertiary/aromatic N) is 1. The van der Waals surface area contributed by atoms with Crippen LogP contribution in [0, 0.1) is 10.8 Å². The van der Waals surface area contributed by atoms with E-state index in [0.29, 0.717) is 59.2 Å². The lowest BCUT2D eigenvalue weighted by molar-refractivity contribution is -0.123. The summed E-state index contributed by atoms with van der Waals surface area (Å²) in [6.07, 6.45) is 2.03. The smallest absolute Gasteiger partial charge is 0.266 e. The molecule has 0 radical (unpaired) electrons. The molecule has 0 saturated carbocycles. The molecule has 0 saturated heterocycles. The summed E-state index contributed by atoms with van der Waals surface area (Å²) in [5, 5.41) is 16.0. The number of aliphatic hydroxyl groups is 1. The minimum Gasteiger partial charge on any atom is -0.379 e. The van der Waals surface area contributed by atoms with Crippen molar-refractivity contribution in [1.82, 2.24) is 15.5 Å². The Balaban J connectivity index is 3.73. The summed E-state index contributed by atoms with van der Waals surface area (Å²) in [5.74, 6) is -0.994. The molecule has 0 spiro atoms. The van der Waals surface area contributed by atoms with Gasteiger partial charge in [-0.05, 0) is 30.1 Å². The van der Waals surface area contributed by atoms with Crippen molar-refractivity contribution in [3.8, 4) is 0 Å². The first-order valence-corrected chi connectivity index (χ1v) is 16.8. The summed E-state index contributed by atoms with van der Waals surface area (Å²) in [5.41, 5.74) is 0.355. The van der Waals surface area contributed by atoms with Crippen LogP contribution in [0.25, 0.3) is 0 Å². The first-order valence-electron chi connectivity index (χ1n) is 15.2. The lowest BCUT2D eigenvalue weighted by Crippen LogP contribution is -2.40. The zero-order valence-corrected chi connectivity index (χ0v) is 28.1. The van der Waals surface area contributed by atoms with Crippen LogP contribution in [0.2, 0.25) is 0 Å². The van der Waals surface area contributed by atoms with Gasteiger partial charge in [0.05, 0.1) is 58.6 Å². The van der Waals surface area contributed by atoms with Crippen molar-refractivity contribution in [2.75, 3.05) is 84.8 Å². The molecule has 1 unspecified atom stereocenters. The predicted molar refractivity (Wildman–Crippen MR) is 165 cm³/mol. The minimum absolute atomic E-state index is 0.0792. The molecular weight excluding hydrogens is 582 g/mol. The third-order valence-electron chi connectivity index (χ3n) is 6.19. The first-order chi connectivity index (χ1) is 20.0. The van der Waals surface area contributed by atoms with Crippen LogP contribution in [-0.2, 0) is 38.7 Å². The van der Waals surface area contributed by atoms with Gasteiger partial charge in [0.1, 0.15) is 6.23 Å². The second-order valence-electron chi connectivity index (χ2n) is 12.9. The average molecular weight is 642 g/mol. The maximum atomic E-state index is 12.2. The topological polar surface area (TPSA) is 173 Å². The lowest BCUT2D eigenvalue weighted by Gasteiger charge is -2.33. The summed E-state index contributed by atoms with van der Waals surface area (Å²) < 4.78 is 51.3. The third kappa shape index (κ3) is 30.4. The van der Waals surface area contributed by atoms with E-state index in [4.69, 9.17) is 23.5 Å². The molecule has 0 aromatic carbocycles. The van der Waals surface area contributed by atoms with Gasteiger partial charge in [-0.3, -0.25) is 19.0 Å². The van der Waals surface area contributed by atoms with Crippen LogP contribution in [0.15, 0.2) is 0 Å². The number of rotatable bonds is 26. The summed E-state index contributed by atoms with van der Waals surface area (Å²) >= 11 is 0. The quantitative estimate of drug-likeness (QED) is 0.0617. The molecule has 256 valence electrons. The Labute approximate surface area is 259 Å². The zero-order chi connectivity index (χ0) is 32.8. The highest BCUT2D eigenvalue weighted by Gasteiger charge is 2.22. The van der Waals surface area contributed by atoms with Crippen molar-refractivity contribution in [1.29, 1.82) is 0 Å². The molecule has 1 atom stereocenters. The van der Waals surface area contributed by atoms with Crippen LogP contribution in [0.5, 0.6) is 0 Å². The van der Waals surface area contributed by atoms with Gasteiger partial charge < -0.3 is 34.7 Å². The van der Waals surface area contributed by atoms with Crippen LogP contribution >= 0.6 is 0 Å². The van der Waals surface area contributed by atoms with Gasteiger partial charge in [-0.15, -0.1) is 0 Å². The van der Waals surface area contributed by atoms with Gasteiger partial charge >= 0.3 is 0 Å². The number of carbonyl (C=O) groups is 2. The van der Waals surface area contributed by atoms with E-state index in [9.17, 15) is 23.1 Å². The van der Waals surface area contributed by atoms with Gasteiger partial charge in [0, 0.05) is 39.0 Å². The molecule has 0 heterocycles. The number of nitrogens with one attached hydrogen (secondary N) is 2. The molecule has 0 aliphatic carbocycles. The Hall–Kier alpha value is -1.39. The summed E-state index contributed by atoms with van der Waals surface area (Å²) in [6.45, 7) is 17.7. The Morgan fingerprint density at radius 1 is 0.698 bits per heavy atom. The average Bonchev–Trinajstić information content (AvgIpc) is 2.87. The van der Waals surface area contributed by atoms with Gasteiger partial charge in [0.25, 0.3) is 10.1 Å². The van der Waals surface area contributed by atoms with Gasteiger partial charge in [-0.2, -0.15) is 8.42 Å². The molecule has 0 fully saturated rings. The molecule has 0 aliphatic heterocycles. The highest BCUT2D eigenvalue weighted by molar-refractivity contribution is 7.85. The van der Waals surface area contributed by atoms with E-state index >= 15 is 0 Å². The summed E-state index contributed by atoms with van der Waals surface area (Å²) in [4.78, 5) is 25.8. The molecule has 43 heavy (non-hydrogen) atoms. The highest BCUT2D eigenvalue weighted by atomic mass is 32.2. The van der Waals surface area contributed by atoms with Crippen LogP contribution in [0.1, 0.15) is 73.6 Å². The molecule has 0 rings (SSSR count). The number of hydrogen-bond acceptors (Lipinski definition) is 10. The van der Waals surface area contributed by atoms with Gasteiger partial charge in [-0.1, -0.05) is 41.5 Å². The molecule has 0 aliphatic rings.